The van der Waals surface area contributed by atoms with E-state index in [4.69, 9.17) is 9.15 Å². The molecule has 0 bridgehead atoms. The monoisotopic (exact) mass is 237 g/mol. The van der Waals surface area contributed by atoms with Crippen LogP contribution in [0.1, 0.15) is 33.0 Å². The number of hydrogen-bond donors (Lipinski definition) is 1. The molecular weight excluding hydrogens is 214 g/mol. The van der Waals surface area contributed by atoms with Gasteiger partial charge in [0.15, 0.2) is 0 Å². The van der Waals surface area contributed by atoms with E-state index in [2.05, 4.69) is 32.2 Å². The Bertz CT molecular complexity index is 334. The number of hydrogen-bond acceptors (Lipinski definition) is 3. The van der Waals surface area contributed by atoms with Gasteiger partial charge in [0.1, 0.15) is 5.76 Å². The Balaban J connectivity index is 2.07. The molecule has 2 unspecified atom stereocenters. The summed E-state index contributed by atoms with van der Waals surface area (Å²) in [7, 11) is 0. The maximum Gasteiger partial charge on any atom is 0.104 e. The summed E-state index contributed by atoms with van der Waals surface area (Å²) in [4.78, 5) is 0. The average molecular weight is 237 g/mol. The summed E-state index contributed by atoms with van der Waals surface area (Å²) in [6.45, 7) is 8.40. The highest BCUT2D eigenvalue weighted by Crippen LogP contribution is 2.37. The first-order valence-electron chi connectivity index (χ1n) is 6.50. The Hall–Kier alpha value is -0.800. The second-order valence-corrected chi connectivity index (χ2v) is 5.42. The van der Waals surface area contributed by atoms with Crippen molar-refractivity contribution in [1.29, 1.82) is 0 Å². The lowest BCUT2D eigenvalue weighted by molar-refractivity contribution is 0.0594. The van der Waals surface area contributed by atoms with E-state index in [1.807, 2.05) is 6.07 Å². The van der Waals surface area contributed by atoms with E-state index in [9.17, 15) is 0 Å². The molecule has 0 aliphatic carbocycles. The summed E-state index contributed by atoms with van der Waals surface area (Å²) in [6.07, 6.45) is 4.10. The largest absolute Gasteiger partial charge is 0.469 e. The first-order chi connectivity index (χ1) is 8.12. The van der Waals surface area contributed by atoms with Crippen molar-refractivity contribution < 1.29 is 9.15 Å². The van der Waals surface area contributed by atoms with Gasteiger partial charge in [-0.1, -0.05) is 13.8 Å². The highest BCUT2D eigenvalue weighted by atomic mass is 16.5. The lowest BCUT2D eigenvalue weighted by Crippen LogP contribution is -2.43. The van der Waals surface area contributed by atoms with E-state index >= 15 is 0 Å². The SMILES string of the molecule is CC(C)NCC1(Cc2ccco2)CCOC1C. The maximum atomic E-state index is 5.77. The normalized spacial score (nSPS) is 29.1. The predicted molar refractivity (Wildman–Crippen MR) is 68.0 cm³/mol. The Morgan fingerprint density at radius 2 is 2.35 bits per heavy atom. The second-order valence-electron chi connectivity index (χ2n) is 5.42. The molecule has 3 heteroatoms. The van der Waals surface area contributed by atoms with E-state index in [0.717, 1.165) is 31.8 Å². The molecule has 0 aromatic carbocycles. The molecule has 2 atom stereocenters. The predicted octanol–water partition coefficient (Wildman–Crippen LogP) is 2.62. The molecule has 2 rings (SSSR count). The minimum Gasteiger partial charge on any atom is -0.469 e. The minimum absolute atomic E-state index is 0.183. The standard InChI is InChI=1S/C14H23NO2/c1-11(2)15-10-14(6-8-16-12(14)3)9-13-5-4-7-17-13/h4-5,7,11-12,15H,6,8-10H2,1-3H3. The molecule has 0 saturated carbocycles. The first-order valence-corrected chi connectivity index (χ1v) is 6.50. The summed E-state index contributed by atoms with van der Waals surface area (Å²) in [6, 6.07) is 4.53. The van der Waals surface area contributed by atoms with Gasteiger partial charge in [0, 0.05) is 31.0 Å². The van der Waals surface area contributed by atoms with Crippen LogP contribution < -0.4 is 5.32 Å². The molecule has 0 spiro atoms. The fraction of sp³-hybridized carbons (Fsp3) is 0.714. The van der Waals surface area contributed by atoms with Gasteiger partial charge in [0.2, 0.25) is 0 Å². The van der Waals surface area contributed by atoms with E-state index in [1.54, 1.807) is 6.26 Å². The summed E-state index contributed by atoms with van der Waals surface area (Å²) < 4.78 is 11.3. The topological polar surface area (TPSA) is 34.4 Å². The number of nitrogens with one attached hydrogen (secondary N) is 1. The Morgan fingerprint density at radius 3 is 2.88 bits per heavy atom. The lowest BCUT2D eigenvalue weighted by Gasteiger charge is -2.32. The van der Waals surface area contributed by atoms with Crippen molar-refractivity contribution in [2.45, 2.75) is 45.8 Å². The second kappa shape index (κ2) is 5.23. The highest BCUT2D eigenvalue weighted by molar-refractivity contribution is 5.06. The van der Waals surface area contributed by atoms with Gasteiger partial charge in [-0.05, 0) is 25.5 Å². The van der Waals surface area contributed by atoms with E-state index in [-0.39, 0.29) is 5.41 Å². The van der Waals surface area contributed by atoms with E-state index in [0.29, 0.717) is 12.1 Å². The van der Waals surface area contributed by atoms with Crippen LogP contribution in [0.15, 0.2) is 22.8 Å². The maximum absolute atomic E-state index is 5.77. The highest BCUT2D eigenvalue weighted by Gasteiger charge is 2.42. The van der Waals surface area contributed by atoms with Gasteiger partial charge in [-0.3, -0.25) is 0 Å². The summed E-state index contributed by atoms with van der Waals surface area (Å²) in [5.41, 5.74) is 0.183. The molecule has 17 heavy (non-hydrogen) atoms. The molecule has 0 radical (unpaired) electrons. The Kier molecular flexibility index (Phi) is 3.89. The summed E-state index contributed by atoms with van der Waals surface area (Å²) >= 11 is 0. The molecule has 1 aromatic rings. The molecule has 1 fully saturated rings. The third kappa shape index (κ3) is 2.90. The molecule has 1 N–H and O–H groups in total. The van der Waals surface area contributed by atoms with Crippen molar-refractivity contribution in [3.8, 4) is 0 Å². The van der Waals surface area contributed by atoms with Gasteiger partial charge in [-0.2, -0.15) is 0 Å². The smallest absolute Gasteiger partial charge is 0.104 e. The van der Waals surface area contributed by atoms with Gasteiger partial charge >= 0.3 is 0 Å². The molecule has 1 aliphatic heterocycles. The summed E-state index contributed by atoms with van der Waals surface area (Å²) in [5, 5.41) is 3.55. The molecule has 1 aliphatic rings. The van der Waals surface area contributed by atoms with Crippen LogP contribution in [0.25, 0.3) is 0 Å². The van der Waals surface area contributed by atoms with Crippen LogP contribution >= 0.6 is 0 Å². The van der Waals surface area contributed by atoms with Crippen molar-refractivity contribution in [3.63, 3.8) is 0 Å². The van der Waals surface area contributed by atoms with Gasteiger partial charge in [-0.15, -0.1) is 0 Å². The zero-order valence-corrected chi connectivity index (χ0v) is 11.0. The molecule has 2 heterocycles. The van der Waals surface area contributed by atoms with E-state index < -0.39 is 0 Å². The first kappa shape index (κ1) is 12.7. The van der Waals surface area contributed by atoms with E-state index in [1.165, 1.54) is 0 Å². The van der Waals surface area contributed by atoms with Crippen LogP contribution in [0.3, 0.4) is 0 Å². The Morgan fingerprint density at radius 1 is 1.53 bits per heavy atom. The molecule has 3 nitrogen and oxygen atoms in total. The van der Waals surface area contributed by atoms with Crippen LogP contribution in [0, 0.1) is 5.41 Å². The van der Waals surface area contributed by atoms with Gasteiger partial charge < -0.3 is 14.5 Å². The molecular formula is C14H23NO2. The Labute approximate surface area is 104 Å². The number of rotatable bonds is 5. The fourth-order valence-corrected chi connectivity index (χ4v) is 2.51. The molecule has 1 aromatic heterocycles. The van der Waals surface area contributed by atoms with Gasteiger partial charge in [0.05, 0.1) is 12.4 Å². The number of furan rings is 1. The molecule has 0 amide bonds. The van der Waals surface area contributed by atoms with Crippen molar-refractivity contribution in [2.24, 2.45) is 5.41 Å². The third-order valence-corrected chi connectivity index (χ3v) is 3.80. The zero-order chi connectivity index (χ0) is 12.3. The quantitative estimate of drug-likeness (QED) is 0.855. The fourth-order valence-electron chi connectivity index (χ4n) is 2.51. The molecule has 1 saturated heterocycles. The third-order valence-electron chi connectivity index (χ3n) is 3.80. The van der Waals surface area contributed by atoms with Crippen LogP contribution in [-0.2, 0) is 11.2 Å². The molecule has 96 valence electrons. The lowest BCUT2D eigenvalue weighted by atomic mass is 9.77. The van der Waals surface area contributed by atoms with Crippen LogP contribution in [-0.4, -0.2) is 25.3 Å². The van der Waals surface area contributed by atoms with Gasteiger partial charge in [-0.25, -0.2) is 0 Å². The van der Waals surface area contributed by atoms with Crippen LogP contribution in [0.4, 0.5) is 0 Å². The van der Waals surface area contributed by atoms with Crippen LogP contribution in [0.5, 0.6) is 0 Å². The van der Waals surface area contributed by atoms with Crippen LogP contribution in [0.2, 0.25) is 0 Å². The van der Waals surface area contributed by atoms with Gasteiger partial charge in [0.25, 0.3) is 0 Å². The average Bonchev–Trinajstić information content (AvgIpc) is 2.88. The summed E-state index contributed by atoms with van der Waals surface area (Å²) in [5.74, 6) is 1.06. The van der Waals surface area contributed by atoms with Crippen molar-refractivity contribution >= 4 is 0 Å². The zero-order valence-electron chi connectivity index (χ0n) is 11.0. The minimum atomic E-state index is 0.183. The van der Waals surface area contributed by atoms with Crippen molar-refractivity contribution in [1.82, 2.24) is 5.32 Å². The number of ether oxygens (including phenoxy) is 1. The van der Waals surface area contributed by atoms with Crippen molar-refractivity contribution in [3.05, 3.63) is 24.2 Å². The van der Waals surface area contributed by atoms with Crippen molar-refractivity contribution in [2.75, 3.05) is 13.2 Å².